The van der Waals surface area contributed by atoms with E-state index in [9.17, 15) is 0 Å². The van der Waals surface area contributed by atoms with Gasteiger partial charge in [0, 0.05) is 12.2 Å². The fourth-order valence-electron chi connectivity index (χ4n) is 2.13. The molecule has 0 atom stereocenters. The predicted octanol–water partition coefficient (Wildman–Crippen LogP) is 4.28. The van der Waals surface area contributed by atoms with Crippen LogP contribution in [0.3, 0.4) is 0 Å². The zero-order valence-electron chi connectivity index (χ0n) is 13.2. The van der Waals surface area contributed by atoms with Crippen molar-refractivity contribution in [1.29, 1.82) is 0 Å². The van der Waals surface area contributed by atoms with Gasteiger partial charge in [-0.05, 0) is 55.5 Å². The number of hydrogen-bond donors (Lipinski definition) is 2. The van der Waals surface area contributed by atoms with Gasteiger partial charge in [0.25, 0.3) is 0 Å². The molecule has 118 valence electrons. The summed E-state index contributed by atoms with van der Waals surface area (Å²) >= 11 is 0. The Labute approximate surface area is 150 Å². The Morgan fingerprint density at radius 3 is 2.45 bits per heavy atom. The van der Waals surface area contributed by atoms with Gasteiger partial charge in [0.15, 0.2) is 5.96 Å². The van der Waals surface area contributed by atoms with Crippen LogP contribution in [0.15, 0.2) is 53.5 Å². The first-order valence-electron chi connectivity index (χ1n) is 7.33. The highest BCUT2D eigenvalue weighted by atomic mass is 127. The quantitative estimate of drug-likeness (QED) is 0.335. The van der Waals surface area contributed by atoms with Gasteiger partial charge in [-0.15, -0.1) is 24.0 Å². The Hall–Kier alpha value is -1.56. The minimum Gasteiger partial charge on any atom is -0.370 e. The van der Waals surface area contributed by atoms with E-state index in [1.54, 1.807) is 0 Å². The van der Waals surface area contributed by atoms with Crippen molar-refractivity contribution >= 4 is 35.6 Å². The number of halogens is 1. The fourth-order valence-corrected chi connectivity index (χ4v) is 2.13. The highest BCUT2D eigenvalue weighted by molar-refractivity contribution is 14.0. The second kappa shape index (κ2) is 9.46. The third kappa shape index (κ3) is 6.05. The first-order valence-corrected chi connectivity index (χ1v) is 7.33. The summed E-state index contributed by atoms with van der Waals surface area (Å²) in [5.74, 6) is 0.478. The molecule has 0 unspecified atom stereocenters. The van der Waals surface area contributed by atoms with Crippen LogP contribution in [0.4, 0.5) is 5.69 Å². The van der Waals surface area contributed by atoms with Crippen LogP contribution in [-0.2, 0) is 6.42 Å². The number of aryl methyl sites for hydroxylation is 3. The summed E-state index contributed by atoms with van der Waals surface area (Å²) in [4.78, 5) is 4.37. The molecule has 0 radical (unpaired) electrons. The third-order valence-electron chi connectivity index (χ3n) is 3.53. The van der Waals surface area contributed by atoms with E-state index in [2.05, 4.69) is 60.6 Å². The van der Waals surface area contributed by atoms with Crippen LogP contribution in [0.25, 0.3) is 0 Å². The molecule has 0 saturated heterocycles. The van der Waals surface area contributed by atoms with E-state index in [-0.39, 0.29) is 24.0 Å². The topological polar surface area (TPSA) is 50.4 Å². The molecule has 0 amide bonds. The molecule has 2 aromatic carbocycles. The Morgan fingerprint density at radius 2 is 1.77 bits per heavy atom. The minimum atomic E-state index is 0. The van der Waals surface area contributed by atoms with Gasteiger partial charge in [-0.1, -0.05) is 36.4 Å². The summed E-state index contributed by atoms with van der Waals surface area (Å²) < 4.78 is 0. The van der Waals surface area contributed by atoms with E-state index in [0.29, 0.717) is 5.96 Å². The molecule has 3 N–H and O–H groups in total. The maximum atomic E-state index is 5.91. The van der Waals surface area contributed by atoms with Crippen molar-refractivity contribution in [1.82, 2.24) is 0 Å². The van der Waals surface area contributed by atoms with Crippen molar-refractivity contribution in [3.8, 4) is 0 Å². The van der Waals surface area contributed by atoms with Gasteiger partial charge >= 0.3 is 0 Å². The molecule has 0 aliphatic carbocycles. The van der Waals surface area contributed by atoms with Gasteiger partial charge < -0.3 is 11.1 Å². The molecule has 3 nitrogen and oxygen atoms in total. The lowest BCUT2D eigenvalue weighted by molar-refractivity contribution is 0.832. The number of aliphatic imine (C=N–C) groups is 1. The van der Waals surface area contributed by atoms with Crippen LogP contribution in [0.5, 0.6) is 0 Å². The largest absolute Gasteiger partial charge is 0.370 e. The number of hydrogen-bond acceptors (Lipinski definition) is 1. The average Bonchev–Trinajstić information content (AvgIpc) is 2.49. The van der Waals surface area contributed by atoms with Gasteiger partial charge in [-0.2, -0.15) is 0 Å². The number of nitrogens with zero attached hydrogens (tertiary/aromatic N) is 1. The summed E-state index contributed by atoms with van der Waals surface area (Å²) in [5, 5.41) is 3.14. The summed E-state index contributed by atoms with van der Waals surface area (Å²) in [6, 6.07) is 16.6. The molecule has 0 aromatic heterocycles. The third-order valence-corrected chi connectivity index (χ3v) is 3.53. The van der Waals surface area contributed by atoms with Crippen LogP contribution in [0, 0.1) is 13.8 Å². The summed E-state index contributed by atoms with van der Waals surface area (Å²) in [6.45, 7) is 4.92. The molecule has 2 aromatic rings. The summed E-state index contributed by atoms with van der Waals surface area (Å²) in [7, 11) is 0. The normalized spacial score (nSPS) is 10.9. The van der Waals surface area contributed by atoms with Crippen molar-refractivity contribution in [3.63, 3.8) is 0 Å². The van der Waals surface area contributed by atoms with Crippen LogP contribution >= 0.6 is 24.0 Å². The van der Waals surface area contributed by atoms with Gasteiger partial charge in [-0.3, -0.25) is 4.99 Å². The van der Waals surface area contributed by atoms with E-state index in [4.69, 9.17) is 5.73 Å². The summed E-state index contributed by atoms with van der Waals surface area (Å²) in [6.07, 6.45) is 2.03. The average molecular weight is 409 g/mol. The van der Waals surface area contributed by atoms with Crippen LogP contribution in [-0.4, -0.2) is 12.5 Å². The maximum absolute atomic E-state index is 5.91. The lowest BCUT2D eigenvalue weighted by Gasteiger charge is -2.08. The monoisotopic (exact) mass is 409 g/mol. The Bertz CT molecular complexity index is 609. The van der Waals surface area contributed by atoms with Crippen molar-refractivity contribution in [3.05, 3.63) is 65.2 Å². The van der Waals surface area contributed by atoms with Crippen LogP contribution in [0.1, 0.15) is 23.1 Å². The molecule has 0 saturated carbocycles. The molecule has 0 fully saturated rings. The lowest BCUT2D eigenvalue weighted by Crippen LogP contribution is -2.23. The highest BCUT2D eigenvalue weighted by Crippen LogP contribution is 2.13. The number of benzene rings is 2. The molecular weight excluding hydrogens is 385 g/mol. The second-order valence-corrected chi connectivity index (χ2v) is 5.28. The van der Waals surface area contributed by atoms with E-state index < -0.39 is 0 Å². The van der Waals surface area contributed by atoms with E-state index in [1.807, 2.05) is 12.1 Å². The summed E-state index contributed by atoms with van der Waals surface area (Å²) in [5.41, 5.74) is 10.8. The SMILES string of the molecule is Cc1ccc(NC(N)=NCCCc2ccccc2)cc1C.I. The van der Waals surface area contributed by atoms with Gasteiger partial charge in [0.05, 0.1) is 0 Å². The highest BCUT2D eigenvalue weighted by Gasteiger charge is 1.98. The second-order valence-electron chi connectivity index (χ2n) is 5.28. The van der Waals surface area contributed by atoms with Gasteiger partial charge in [-0.25, -0.2) is 0 Å². The Balaban J connectivity index is 0.00000242. The first kappa shape index (κ1) is 18.5. The van der Waals surface area contributed by atoms with Crippen molar-refractivity contribution < 1.29 is 0 Å². The molecular formula is C18H24IN3. The zero-order valence-corrected chi connectivity index (χ0v) is 15.5. The van der Waals surface area contributed by atoms with E-state index >= 15 is 0 Å². The Kier molecular flexibility index (Phi) is 7.95. The minimum absolute atomic E-state index is 0. The Morgan fingerprint density at radius 1 is 1.05 bits per heavy atom. The number of anilines is 1. The van der Waals surface area contributed by atoms with Crippen molar-refractivity contribution in [2.75, 3.05) is 11.9 Å². The molecule has 22 heavy (non-hydrogen) atoms. The van der Waals surface area contributed by atoms with Crippen LogP contribution < -0.4 is 11.1 Å². The molecule has 0 aliphatic heterocycles. The molecule has 0 bridgehead atoms. The molecule has 2 rings (SSSR count). The molecule has 4 heteroatoms. The van der Waals surface area contributed by atoms with E-state index in [1.165, 1.54) is 16.7 Å². The zero-order chi connectivity index (χ0) is 15.1. The number of rotatable bonds is 5. The number of nitrogens with one attached hydrogen (secondary N) is 1. The molecule has 0 spiro atoms. The molecule has 0 aliphatic rings. The first-order chi connectivity index (χ1) is 10.1. The molecule has 0 heterocycles. The number of guanidine groups is 1. The van der Waals surface area contributed by atoms with Gasteiger partial charge in [0.2, 0.25) is 0 Å². The fraction of sp³-hybridized carbons (Fsp3) is 0.278. The standard InChI is InChI=1S/C18H23N3.HI/c1-14-10-11-17(13-15(14)2)21-18(19)20-12-6-9-16-7-4-3-5-8-16;/h3-5,7-8,10-11,13H,6,9,12H2,1-2H3,(H3,19,20,21);1H. The van der Waals surface area contributed by atoms with Crippen molar-refractivity contribution in [2.45, 2.75) is 26.7 Å². The lowest BCUT2D eigenvalue weighted by atomic mass is 10.1. The predicted molar refractivity (Wildman–Crippen MR) is 106 cm³/mol. The van der Waals surface area contributed by atoms with Crippen molar-refractivity contribution in [2.24, 2.45) is 10.7 Å². The van der Waals surface area contributed by atoms with E-state index in [0.717, 1.165) is 25.1 Å². The number of nitrogens with two attached hydrogens (primary N) is 1. The smallest absolute Gasteiger partial charge is 0.193 e. The van der Waals surface area contributed by atoms with Gasteiger partial charge in [0.1, 0.15) is 0 Å². The van der Waals surface area contributed by atoms with Crippen LogP contribution in [0.2, 0.25) is 0 Å². The maximum Gasteiger partial charge on any atom is 0.193 e.